The smallest absolute Gasteiger partial charge is 0.344 e. The predicted molar refractivity (Wildman–Crippen MR) is 116 cm³/mol. The van der Waals surface area contributed by atoms with Crippen LogP contribution < -0.4 is 4.74 Å². The Balaban J connectivity index is 1.49. The molecule has 2 aromatic rings. The number of hydrogen-bond acceptors (Lipinski definition) is 3. The zero-order valence-corrected chi connectivity index (χ0v) is 17.7. The summed E-state index contributed by atoms with van der Waals surface area (Å²) in [6, 6.07) is 12.7. The molecule has 0 N–H and O–H groups in total. The van der Waals surface area contributed by atoms with Crippen molar-refractivity contribution in [2.24, 2.45) is 0 Å². The van der Waals surface area contributed by atoms with Crippen molar-refractivity contribution in [3.63, 3.8) is 0 Å². The molecule has 28 heavy (non-hydrogen) atoms. The van der Waals surface area contributed by atoms with Gasteiger partial charge in [0.2, 0.25) is 0 Å². The van der Waals surface area contributed by atoms with Crippen LogP contribution >= 0.6 is 0 Å². The molecular weight excluding hydrogens is 368 g/mol. The third kappa shape index (κ3) is 4.17. The van der Waals surface area contributed by atoms with E-state index in [-0.39, 0.29) is 18.2 Å². The summed E-state index contributed by atoms with van der Waals surface area (Å²) in [6.07, 6.45) is 9.18. The first-order valence-corrected chi connectivity index (χ1v) is 12.3. The Kier molecular flexibility index (Phi) is 6.15. The maximum Gasteiger partial charge on any atom is 0.344 e. The van der Waals surface area contributed by atoms with Crippen molar-refractivity contribution in [1.82, 2.24) is 0 Å². The second kappa shape index (κ2) is 8.77. The van der Waals surface area contributed by atoms with Crippen molar-refractivity contribution in [2.45, 2.75) is 68.8 Å². The minimum atomic E-state index is -0.255. The second-order valence-electron chi connectivity index (χ2n) is 8.08. The van der Waals surface area contributed by atoms with E-state index >= 15 is 0 Å². The van der Waals surface area contributed by atoms with Gasteiger partial charge in [-0.2, -0.15) is 0 Å². The van der Waals surface area contributed by atoms with Crippen LogP contribution in [0.1, 0.15) is 58.3 Å². The number of carbonyl (C=O) groups excluding carboxylic acids is 1. The Morgan fingerprint density at radius 1 is 0.964 bits per heavy atom. The Hall–Kier alpha value is -1.68. The summed E-state index contributed by atoms with van der Waals surface area (Å²) in [5.41, 5.74) is -0.255. The summed E-state index contributed by atoms with van der Waals surface area (Å²) in [7, 11) is 0.339. The van der Waals surface area contributed by atoms with E-state index in [0.29, 0.717) is 10.9 Å². The van der Waals surface area contributed by atoms with Gasteiger partial charge in [0.05, 0.1) is 0 Å². The van der Waals surface area contributed by atoms with Crippen LogP contribution in [0.5, 0.6) is 5.75 Å². The molecule has 150 valence electrons. The molecule has 1 saturated carbocycles. The van der Waals surface area contributed by atoms with Gasteiger partial charge >= 0.3 is 5.97 Å². The molecule has 4 rings (SSSR count). The maximum atomic E-state index is 12.4. The number of benzene rings is 2. The highest BCUT2D eigenvalue weighted by Gasteiger charge is 2.36. The van der Waals surface area contributed by atoms with E-state index < -0.39 is 0 Å². The van der Waals surface area contributed by atoms with Gasteiger partial charge in [-0.05, 0) is 69.6 Å². The first-order valence-electron chi connectivity index (χ1n) is 10.7. The number of fused-ring (bicyclic) bond motifs is 1. The van der Waals surface area contributed by atoms with Crippen molar-refractivity contribution in [3.05, 3.63) is 36.4 Å². The van der Waals surface area contributed by atoms with E-state index in [4.69, 9.17) is 9.47 Å². The first-order chi connectivity index (χ1) is 13.7. The van der Waals surface area contributed by atoms with Crippen molar-refractivity contribution in [1.29, 1.82) is 0 Å². The minimum Gasteiger partial charge on any atom is -0.481 e. The summed E-state index contributed by atoms with van der Waals surface area (Å²) >= 11 is 0. The van der Waals surface area contributed by atoms with Crippen molar-refractivity contribution >= 4 is 27.6 Å². The van der Waals surface area contributed by atoms with E-state index in [1.54, 1.807) is 0 Å². The summed E-state index contributed by atoms with van der Waals surface area (Å²) < 4.78 is 11.8. The van der Waals surface area contributed by atoms with Gasteiger partial charge in [-0.15, -0.1) is 0 Å². The molecule has 1 aliphatic heterocycles. The molecule has 3 nitrogen and oxygen atoms in total. The Morgan fingerprint density at radius 2 is 1.68 bits per heavy atom. The van der Waals surface area contributed by atoms with Crippen LogP contribution in [0.25, 0.3) is 10.8 Å². The highest BCUT2D eigenvalue weighted by Crippen LogP contribution is 2.37. The molecule has 0 radical (unpaired) electrons. The van der Waals surface area contributed by atoms with Gasteiger partial charge in [0.15, 0.2) is 11.5 Å². The van der Waals surface area contributed by atoms with Crippen molar-refractivity contribution in [2.75, 3.05) is 18.1 Å². The maximum absolute atomic E-state index is 12.4. The highest BCUT2D eigenvalue weighted by molar-refractivity contribution is 7.97. The molecule has 0 unspecified atom stereocenters. The lowest BCUT2D eigenvalue weighted by Gasteiger charge is -2.27. The number of esters is 1. The lowest BCUT2D eigenvalue weighted by Crippen LogP contribution is -2.33. The predicted octanol–water partition coefficient (Wildman–Crippen LogP) is 5.65. The quantitative estimate of drug-likeness (QED) is 0.465. The summed E-state index contributed by atoms with van der Waals surface area (Å²) in [5.74, 6) is 3.14. The fourth-order valence-corrected chi connectivity index (χ4v) is 7.13. The van der Waals surface area contributed by atoms with Gasteiger partial charge in [-0.25, -0.2) is 4.79 Å². The molecular formula is C24H31O3S+. The summed E-state index contributed by atoms with van der Waals surface area (Å²) in [5, 5.41) is 2.39. The summed E-state index contributed by atoms with van der Waals surface area (Å²) in [4.78, 5) is 13.9. The average Bonchev–Trinajstić information content (AvgIpc) is 3.21. The van der Waals surface area contributed by atoms with Crippen LogP contribution in [0, 0.1) is 0 Å². The topological polar surface area (TPSA) is 35.5 Å². The average molecular weight is 400 g/mol. The molecule has 2 fully saturated rings. The van der Waals surface area contributed by atoms with Crippen LogP contribution in [0.4, 0.5) is 0 Å². The number of carbonyl (C=O) groups is 1. The van der Waals surface area contributed by atoms with Crippen LogP contribution in [0.3, 0.4) is 0 Å². The third-order valence-electron chi connectivity index (χ3n) is 6.27. The SMILES string of the molecule is CCC1(OC(=O)COc2ccc([S+]3CCCCC3)c3ccccc23)CCCC1. The molecule has 4 heteroatoms. The lowest BCUT2D eigenvalue weighted by atomic mass is 9.99. The molecule has 2 aliphatic rings. The second-order valence-corrected chi connectivity index (χ2v) is 10.3. The van der Waals surface area contributed by atoms with Gasteiger partial charge in [-0.1, -0.05) is 25.1 Å². The number of ether oxygens (including phenoxy) is 2. The Labute approximate surface area is 171 Å². The standard InChI is InChI=1S/C24H31O3S/c1-2-24(14-6-7-15-24)27-23(25)18-26-21-12-13-22(28-16-8-3-9-17-28)20-11-5-4-10-19(20)21/h4-5,10-13H,2-3,6-9,14-18H2,1H3/q+1. The normalized spacial score (nSPS) is 19.6. The highest BCUT2D eigenvalue weighted by atomic mass is 32.2. The molecule has 0 amide bonds. The molecule has 2 aromatic carbocycles. The number of hydrogen-bond donors (Lipinski definition) is 0. The third-order valence-corrected chi connectivity index (χ3v) is 8.81. The summed E-state index contributed by atoms with van der Waals surface area (Å²) in [6.45, 7) is 2.09. The fourth-order valence-electron chi connectivity index (χ4n) is 4.63. The van der Waals surface area contributed by atoms with Crippen molar-refractivity contribution < 1.29 is 14.3 Å². The first kappa shape index (κ1) is 19.6. The van der Waals surface area contributed by atoms with Crippen LogP contribution in [0.2, 0.25) is 0 Å². The van der Waals surface area contributed by atoms with Crippen LogP contribution in [-0.2, 0) is 20.4 Å². The van der Waals surface area contributed by atoms with Crippen molar-refractivity contribution in [3.8, 4) is 5.75 Å². The van der Waals surface area contributed by atoms with Crippen LogP contribution in [-0.4, -0.2) is 29.7 Å². The monoisotopic (exact) mass is 399 g/mol. The van der Waals surface area contributed by atoms with E-state index in [1.165, 1.54) is 41.0 Å². The van der Waals surface area contributed by atoms with Gasteiger partial charge in [0.25, 0.3) is 0 Å². The van der Waals surface area contributed by atoms with E-state index in [9.17, 15) is 4.79 Å². The fraction of sp³-hybridized carbons (Fsp3) is 0.542. The van der Waals surface area contributed by atoms with Crippen LogP contribution in [0.15, 0.2) is 41.3 Å². The molecule has 1 aliphatic carbocycles. The minimum absolute atomic E-state index is 0.0171. The largest absolute Gasteiger partial charge is 0.481 e. The molecule has 0 bridgehead atoms. The lowest BCUT2D eigenvalue weighted by molar-refractivity contribution is -0.162. The van der Waals surface area contributed by atoms with E-state index in [1.807, 2.05) is 6.07 Å². The Bertz CT molecular complexity index is 820. The number of rotatable bonds is 6. The van der Waals surface area contributed by atoms with E-state index in [2.05, 4.69) is 37.3 Å². The van der Waals surface area contributed by atoms with Gasteiger partial charge in [0, 0.05) is 21.7 Å². The zero-order valence-electron chi connectivity index (χ0n) is 16.9. The molecule has 1 saturated heterocycles. The van der Waals surface area contributed by atoms with Gasteiger partial charge < -0.3 is 9.47 Å². The molecule has 1 heterocycles. The molecule has 0 spiro atoms. The van der Waals surface area contributed by atoms with Gasteiger partial charge in [0.1, 0.15) is 22.9 Å². The molecule has 0 atom stereocenters. The molecule has 0 aromatic heterocycles. The Morgan fingerprint density at radius 3 is 2.39 bits per heavy atom. The zero-order chi connectivity index (χ0) is 19.4. The van der Waals surface area contributed by atoms with E-state index in [0.717, 1.165) is 43.2 Å². The van der Waals surface area contributed by atoms with Gasteiger partial charge in [-0.3, -0.25) is 0 Å².